The number of nitro benzene ring substituents is 1. The molecule has 1 unspecified atom stereocenters. The molecule has 3 rings (SSSR count). The fraction of sp³-hybridized carbons (Fsp3) is 0.529. The molecule has 1 aromatic carbocycles. The third-order valence-corrected chi connectivity index (χ3v) is 5.61. The van der Waals surface area contributed by atoms with Crippen molar-refractivity contribution in [3.63, 3.8) is 0 Å². The molecule has 0 aliphatic carbocycles. The number of non-ortho nitro benzene ring substituents is 1. The lowest BCUT2D eigenvalue weighted by atomic mass is 9.97. The summed E-state index contributed by atoms with van der Waals surface area (Å²) in [5.74, 6) is 0.818. The van der Waals surface area contributed by atoms with E-state index in [1.807, 2.05) is 6.26 Å². The number of hydrogen-bond donors (Lipinski definition) is 2. The Morgan fingerprint density at radius 2 is 2.00 bits per heavy atom. The molecule has 0 saturated carbocycles. The average molecular weight is 378 g/mol. The van der Waals surface area contributed by atoms with E-state index in [4.69, 9.17) is 0 Å². The van der Waals surface area contributed by atoms with Gasteiger partial charge >= 0.3 is 0 Å². The first-order valence-electron chi connectivity index (χ1n) is 8.56. The number of carbonyl (C=O) groups is 2. The molecule has 2 aliphatic heterocycles. The molecule has 0 aromatic heterocycles. The van der Waals surface area contributed by atoms with E-state index in [-0.39, 0.29) is 23.5 Å². The minimum atomic E-state index is -0.485. The molecule has 2 saturated heterocycles. The van der Waals surface area contributed by atoms with Crippen molar-refractivity contribution < 1.29 is 14.5 Å². The number of carbonyl (C=O) groups excluding carboxylic acids is 2. The van der Waals surface area contributed by atoms with Crippen LogP contribution in [0.1, 0.15) is 29.6 Å². The minimum absolute atomic E-state index is 0.0340. The molecule has 2 aliphatic rings. The molecule has 2 N–H and O–H groups in total. The van der Waals surface area contributed by atoms with E-state index in [0.717, 1.165) is 12.2 Å². The van der Waals surface area contributed by atoms with Gasteiger partial charge in [0.1, 0.15) is 0 Å². The molecule has 8 nitrogen and oxygen atoms in total. The maximum Gasteiger partial charge on any atom is 0.269 e. The molecule has 9 heteroatoms. The molecule has 2 fully saturated rings. The summed E-state index contributed by atoms with van der Waals surface area (Å²) in [4.78, 5) is 36.7. The summed E-state index contributed by atoms with van der Waals surface area (Å²) in [5, 5.41) is 17.2. The van der Waals surface area contributed by atoms with Gasteiger partial charge in [-0.1, -0.05) is 0 Å². The lowest BCUT2D eigenvalue weighted by Crippen LogP contribution is -2.58. The van der Waals surface area contributed by atoms with Crippen LogP contribution in [0.15, 0.2) is 24.3 Å². The Morgan fingerprint density at radius 1 is 1.35 bits per heavy atom. The van der Waals surface area contributed by atoms with Gasteiger partial charge in [-0.25, -0.2) is 0 Å². The van der Waals surface area contributed by atoms with Crippen molar-refractivity contribution in [2.24, 2.45) is 0 Å². The Balaban J connectivity index is 1.59. The van der Waals surface area contributed by atoms with Crippen LogP contribution >= 0.6 is 11.8 Å². The SMILES string of the molecule is CSCCC1NC2(CCN(C(=O)c3ccc([N+](=O)[O-])cc3)CC2)NC1=O. The first-order valence-corrected chi connectivity index (χ1v) is 9.96. The maximum atomic E-state index is 12.6. The molecule has 2 heterocycles. The number of nitrogens with zero attached hydrogens (tertiary/aromatic N) is 2. The third-order valence-electron chi connectivity index (χ3n) is 4.97. The fourth-order valence-corrected chi connectivity index (χ4v) is 3.94. The Bertz CT molecular complexity index is 701. The zero-order chi connectivity index (χ0) is 18.7. The summed E-state index contributed by atoms with van der Waals surface area (Å²) < 4.78 is 0. The standard InChI is InChI=1S/C17H22N4O4S/c1-26-11-6-14-15(22)19-17(18-14)7-9-20(10-8-17)16(23)12-2-4-13(5-3-12)21(24)25/h2-5,14,18H,6-11H2,1H3,(H,19,22). The van der Waals surface area contributed by atoms with E-state index in [2.05, 4.69) is 10.6 Å². The van der Waals surface area contributed by atoms with Crippen LogP contribution in [-0.2, 0) is 4.79 Å². The molecular weight excluding hydrogens is 356 g/mol. The van der Waals surface area contributed by atoms with Crippen molar-refractivity contribution >= 4 is 29.3 Å². The van der Waals surface area contributed by atoms with Crippen molar-refractivity contribution in [2.45, 2.75) is 31.0 Å². The van der Waals surface area contributed by atoms with Crippen LogP contribution in [0.5, 0.6) is 0 Å². The quantitative estimate of drug-likeness (QED) is 0.592. The second-order valence-electron chi connectivity index (χ2n) is 6.65. The van der Waals surface area contributed by atoms with Gasteiger partial charge in [-0.15, -0.1) is 0 Å². The van der Waals surface area contributed by atoms with E-state index in [0.29, 0.717) is 31.5 Å². The van der Waals surface area contributed by atoms with E-state index in [1.54, 1.807) is 16.7 Å². The second kappa shape index (κ2) is 7.63. The molecule has 1 atom stereocenters. The molecule has 2 amide bonds. The number of amides is 2. The molecule has 1 aromatic rings. The highest BCUT2D eigenvalue weighted by Crippen LogP contribution is 2.26. The van der Waals surface area contributed by atoms with Crippen LogP contribution in [0.25, 0.3) is 0 Å². The number of piperidine rings is 1. The van der Waals surface area contributed by atoms with E-state index < -0.39 is 10.6 Å². The van der Waals surface area contributed by atoms with E-state index in [9.17, 15) is 19.7 Å². The van der Waals surface area contributed by atoms with Gasteiger partial charge in [0.05, 0.1) is 16.6 Å². The zero-order valence-corrected chi connectivity index (χ0v) is 15.4. The minimum Gasteiger partial charge on any atom is -0.338 e. The van der Waals surface area contributed by atoms with Gasteiger partial charge in [-0.2, -0.15) is 11.8 Å². The van der Waals surface area contributed by atoms with Gasteiger partial charge in [0.25, 0.3) is 11.6 Å². The topological polar surface area (TPSA) is 105 Å². The largest absolute Gasteiger partial charge is 0.338 e. The fourth-order valence-electron chi connectivity index (χ4n) is 3.47. The molecule has 1 spiro atoms. The molecule has 26 heavy (non-hydrogen) atoms. The highest BCUT2D eigenvalue weighted by atomic mass is 32.2. The van der Waals surface area contributed by atoms with Crippen molar-refractivity contribution in [1.29, 1.82) is 0 Å². The van der Waals surface area contributed by atoms with E-state index >= 15 is 0 Å². The smallest absolute Gasteiger partial charge is 0.269 e. The van der Waals surface area contributed by atoms with Gasteiger partial charge in [0, 0.05) is 43.6 Å². The molecule has 0 radical (unpaired) electrons. The predicted molar refractivity (Wildman–Crippen MR) is 99.0 cm³/mol. The van der Waals surface area contributed by atoms with Gasteiger partial charge < -0.3 is 10.2 Å². The normalized spacial score (nSPS) is 21.7. The first-order chi connectivity index (χ1) is 12.4. The Hall–Kier alpha value is -2.13. The summed E-state index contributed by atoms with van der Waals surface area (Å²) in [6, 6.07) is 5.48. The first kappa shape index (κ1) is 18.7. The number of likely N-dealkylation sites (tertiary alicyclic amines) is 1. The highest BCUT2D eigenvalue weighted by molar-refractivity contribution is 7.98. The predicted octanol–water partition coefficient (Wildman–Crippen LogP) is 1.37. The van der Waals surface area contributed by atoms with Gasteiger partial charge in [-0.05, 0) is 30.6 Å². The van der Waals surface area contributed by atoms with Crippen molar-refractivity contribution in [3.8, 4) is 0 Å². The van der Waals surface area contributed by atoms with Crippen LogP contribution < -0.4 is 10.6 Å². The van der Waals surface area contributed by atoms with Gasteiger partial charge in [-0.3, -0.25) is 25.0 Å². The van der Waals surface area contributed by atoms with E-state index in [1.165, 1.54) is 24.3 Å². The lowest BCUT2D eigenvalue weighted by Gasteiger charge is -2.39. The summed E-state index contributed by atoms with van der Waals surface area (Å²) >= 11 is 1.72. The average Bonchev–Trinajstić information content (AvgIpc) is 2.95. The van der Waals surface area contributed by atoms with Crippen LogP contribution in [0.4, 0.5) is 5.69 Å². The van der Waals surface area contributed by atoms with Crippen molar-refractivity contribution in [1.82, 2.24) is 15.5 Å². The molecule has 140 valence electrons. The lowest BCUT2D eigenvalue weighted by molar-refractivity contribution is -0.384. The molecule has 0 bridgehead atoms. The van der Waals surface area contributed by atoms with Gasteiger partial charge in [0.15, 0.2) is 0 Å². The number of hydrogen-bond acceptors (Lipinski definition) is 6. The van der Waals surface area contributed by atoms with Crippen molar-refractivity contribution in [3.05, 3.63) is 39.9 Å². The monoisotopic (exact) mass is 378 g/mol. The maximum absolute atomic E-state index is 12.6. The van der Waals surface area contributed by atoms with Crippen LogP contribution in [0.2, 0.25) is 0 Å². The van der Waals surface area contributed by atoms with Crippen molar-refractivity contribution in [2.75, 3.05) is 25.1 Å². The third kappa shape index (κ3) is 3.83. The Morgan fingerprint density at radius 3 is 2.58 bits per heavy atom. The summed E-state index contributed by atoms with van der Waals surface area (Å²) in [6.45, 7) is 1.05. The Kier molecular flexibility index (Phi) is 5.47. The second-order valence-corrected chi connectivity index (χ2v) is 7.63. The number of benzene rings is 1. The summed E-state index contributed by atoms with van der Waals surface area (Å²) in [5.41, 5.74) is -0.0204. The highest BCUT2D eigenvalue weighted by Gasteiger charge is 2.45. The van der Waals surface area contributed by atoms with Crippen LogP contribution in [-0.4, -0.2) is 58.4 Å². The molecular formula is C17H22N4O4S. The zero-order valence-electron chi connectivity index (χ0n) is 14.6. The van der Waals surface area contributed by atoms with Gasteiger partial charge in [0.2, 0.25) is 5.91 Å². The number of nitro groups is 1. The number of thioether (sulfide) groups is 1. The number of rotatable bonds is 5. The van der Waals surface area contributed by atoms with Crippen LogP contribution in [0, 0.1) is 10.1 Å². The summed E-state index contributed by atoms with van der Waals surface area (Å²) in [6.07, 6.45) is 4.10. The Labute approximate surface area is 155 Å². The summed E-state index contributed by atoms with van der Waals surface area (Å²) in [7, 11) is 0. The van der Waals surface area contributed by atoms with Crippen LogP contribution in [0.3, 0.4) is 0 Å². The number of nitrogens with one attached hydrogen (secondary N) is 2.